The molecule has 35 heavy (non-hydrogen) atoms. The molecule has 1 saturated heterocycles. The largest absolute Gasteiger partial charge is 0.550 e. The van der Waals surface area contributed by atoms with Crippen molar-refractivity contribution in [3.8, 4) is 17.0 Å². The average molecular weight is 500 g/mol. The van der Waals surface area contributed by atoms with Gasteiger partial charge in [0.15, 0.2) is 0 Å². The molecule has 174 valence electrons. The van der Waals surface area contributed by atoms with E-state index in [9.17, 15) is 14.7 Å². The van der Waals surface area contributed by atoms with Gasteiger partial charge >= 0.3 is 0 Å². The van der Waals surface area contributed by atoms with Crippen molar-refractivity contribution in [3.63, 3.8) is 0 Å². The molecule has 0 aliphatic carbocycles. The van der Waals surface area contributed by atoms with Gasteiger partial charge < -0.3 is 18.9 Å². The Hall–Kier alpha value is -3.88. The number of amides is 1. The van der Waals surface area contributed by atoms with Crippen molar-refractivity contribution in [2.24, 2.45) is 0 Å². The van der Waals surface area contributed by atoms with Gasteiger partial charge in [-0.15, -0.1) is 0 Å². The molecule has 8 heteroatoms. The molecule has 0 N–H and O–H groups in total. The van der Waals surface area contributed by atoms with E-state index in [2.05, 4.69) is 0 Å². The second-order valence-electron chi connectivity index (χ2n) is 7.97. The fourth-order valence-electron chi connectivity index (χ4n) is 3.77. The molecule has 0 atom stereocenters. The molecule has 0 unspecified atom stereocenters. The van der Waals surface area contributed by atoms with Gasteiger partial charge in [-0.2, -0.15) is 0 Å². The smallest absolute Gasteiger partial charge is 0.266 e. The summed E-state index contributed by atoms with van der Waals surface area (Å²) in [5.74, 6) is -0.0354. The first kappa shape index (κ1) is 22.9. The predicted molar refractivity (Wildman–Crippen MR) is 137 cm³/mol. The molecule has 5 rings (SSSR count). The van der Waals surface area contributed by atoms with Gasteiger partial charge in [0.05, 0.1) is 11.4 Å². The number of nitrogens with zero attached hydrogens (tertiary/aromatic N) is 2. The van der Waals surface area contributed by atoms with Crippen molar-refractivity contribution in [1.82, 2.24) is 9.47 Å². The molecular formula is C27H19N2O4S2-. The molecule has 0 bridgehead atoms. The number of thioether (sulfide) groups is 1. The van der Waals surface area contributed by atoms with Gasteiger partial charge in [-0.05, 0) is 59.7 Å². The Kier molecular flexibility index (Phi) is 6.39. The standard InChI is InChI=1S/C27H20N2O4S2/c30-25(31)15-18-3-5-19(6-4-18)17-29-26(32)24(35-27(29)34)16-22-11-12-23(33-22)20-7-9-21(10-8-20)28-13-1-2-14-28/h1-14,16H,15,17H2,(H,30,31)/p-1/b24-16-. The summed E-state index contributed by atoms with van der Waals surface area (Å²) in [5.41, 5.74) is 3.50. The molecule has 4 aromatic rings. The van der Waals surface area contributed by atoms with Crippen LogP contribution in [0.5, 0.6) is 0 Å². The Labute approximate surface area is 211 Å². The van der Waals surface area contributed by atoms with Gasteiger partial charge in [-0.25, -0.2) is 0 Å². The van der Waals surface area contributed by atoms with Crippen LogP contribution in [0.4, 0.5) is 0 Å². The minimum absolute atomic E-state index is 0.146. The summed E-state index contributed by atoms with van der Waals surface area (Å²) in [6.45, 7) is 0.310. The molecule has 3 heterocycles. The summed E-state index contributed by atoms with van der Waals surface area (Å²) < 4.78 is 8.47. The summed E-state index contributed by atoms with van der Waals surface area (Å²) >= 11 is 6.66. The van der Waals surface area contributed by atoms with Crippen molar-refractivity contribution in [2.45, 2.75) is 13.0 Å². The average Bonchev–Trinajstić information content (AvgIpc) is 3.59. The molecular weight excluding hydrogens is 480 g/mol. The number of rotatable bonds is 7. The van der Waals surface area contributed by atoms with Crippen molar-refractivity contribution >= 4 is 46.3 Å². The molecule has 0 radical (unpaired) electrons. The summed E-state index contributed by atoms with van der Waals surface area (Å²) in [6.07, 6.45) is 5.54. The highest BCUT2D eigenvalue weighted by atomic mass is 32.2. The first-order valence-electron chi connectivity index (χ1n) is 10.8. The Morgan fingerprint density at radius 1 is 0.971 bits per heavy atom. The fraction of sp³-hybridized carbons (Fsp3) is 0.0741. The molecule has 6 nitrogen and oxygen atoms in total. The lowest BCUT2D eigenvalue weighted by molar-refractivity contribution is -0.304. The quantitative estimate of drug-likeness (QED) is 0.277. The maximum absolute atomic E-state index is 13.0. The van der Waals surface area contributed by atoms with E-state index in [1.807, 2.05) is 65.5 Å². The molecule has 1 fully saturated rings. The molecule has 2 aromatic carbocycles. The van der Waals surface area contributed by atoms with Crippen molar-refractivity contribution in [2.75, 3.05) is 0 Å². The third kappa shape index (κ3) is 5.13. The molecule has 1 aliphatic rings. The number of benzene rings is 2. The maximum atomic E-state index is 13.0. The van der Waals surface area contributed by atoms with Crippen LogP contribution in [0, 0.1) is 0 Å². The number of carboxylic acids is 1. The second kappa shape index (κ2) is 9.77. The highest BCUT2D eigenvalue weighted by Gasteiger charge is 2.32. The molecule has 1 aliphatic heterocycles. The van der Waals surface area contributed by atoms with Gasteiger partial charge in [0.1, 0.15) is 15.8 Å². The van der Waals surface area contributed by atoms with Crippen LogP contribution in [0.3, 0.4) is 0 Å². The Morgan fingerprint density at radius 3 is 2.34 bits per heavy atom. The van der Waals surface area contributed by atoms with Gasteiger partial charge in [-0.1, -0.05) is 48.2 Å². The van der Waals surface area contributed by atoms with Gasteiger partial charge in [0, 0.05) is 42.1 Å². The molecule has 0 saturated carbocycles. The maximum Gasteiger partial charge on any atom is 0.266 e. The Balaban J connectivity index is 1.28. The number of thiocarbonyl (C=S) groups is 1. The Bertz CT molecular complexity index is 1420. The van der Waals surface area contributed by atoms with Crippen LogP contribution in [-0.4, -0.2) is 25.7 Å². The van der Waals surface area contributed by atoms with E-state index in [1.165, 1.54) is 16.7 Å². The zero-order valence-corrected chi connectivity index (χ0v) is 20.1. The van der Waals surface area contributed by atoms with E-state index in [4.69, 9.17) is 16.6 Å². The second-order valence-corrected chi connectivity index (χ2v) is 9.65. The number of carboxylic acid groups (broad SMARTS) is 1. The van der Waals surface area contributed by atoms with E-state index in [0.29, 0.717) is 32.9 Å². The van der Waals surface area contributed by atoms with Crippen LogP contribution in [0.1, 0.15) is 16.9 Å². The fourth-order valence-corrected chi connectivity index (χ4v) is 5.00. The first-order valence-corrected chi connectivity index (χ1v) is 12.1. The van der Waals surface area contributed by atoms with Crippen molar-refractivity contribution < 1.29 is 19.1 Å². The summed E-state index contributed by atoms with van der Waals surface area (Å²) in [4.78, 5) is 25.8. The number of hydrogen-bond acceptors (Lipinski definition) is 6. The topological polar surface area (TPSA) is 78.5 Å². The van der Waals surface area contributed by atoms with E-state index in [1.54, 1.807) is 30.3 Å². The zero-order valence-electron chi connectivity index (χ0n) is 18.4. The van der Waals surface area contributed by atoms with E-state index in [-0.39, 0.29) is 12.3 Å². The minimum Gasteiger partial charge on any atom is -0.550 e. The van der Waals surface area contributed by atoms with E-state index < -0.39 is 5.97 Å². The number of aromatic nitrogens is 1. The lowest BCUT2D eigenvalue weighted by Gasteiger charge is -2.14. The number of furan rings is 1. The van der Waals surface area contributed by atoms with Crippen molar-refractivity contribution in [1.29, 1.82) is 0 Å². The van der Waals surface area contributed by atoms with Gasteiger partial charge in [0.25, 0.3) is 5.91 Å². The van der Waals surface area contributed by atoms with Gasteiger partial charge in [-0.3, -0.25) is 9.69 Å². The van der Waals surface area contributed by atoms with Crippen LogP contribution >= 0.6 is 24.0 Å². The molecule has 2 aromatic heterocycles. The van der Waals surface area contributed by atoms with Gasteiger partial charge in [0.2, 0.25) is 0 Å². The highest BCUT2D eigenvalue weighted by Crippen LogP contribution is 2.34. The third-order valence-electron chi connectivity index (χ3n) is 5.54. The van der Waals surface area contributed by atoms with Crippen LogP contribution < -0.4 is 5.11 Å². The first-order chi connectivity index (χ1) is 17.0. The van der Waals surface area contributed by atoms with E-state index >= 15 is 0 Å². The van der Waals surface area contributed by atoms with Crippen LogP contribution in [0.2, 0.25) is 0 Å². The Morgan fingerprint density at radius 2 is 1.66 bits per heavy atom. The summed E-state index contributed by atoms with van der Waals surface area (Å²) in [6, 6.07) is 22.7. The highest BCUT2D eigenvalue weighted by molar-refractivity contribution is 8.26. The third-order valence-corrected chi connectivity index (χ3v) is 6.92. The molecule has 0 spiro atoms. The molecule has 1 amide bonds. The van der Waals surface area contributed by atoms with Crippen molar-refractivity contribution in [3.05, 3.63) is 107 Å². The minimum atomic E-state index is -1.13. The zero-order chi connectivity index (χ0) is 24.4. The van der Waals surface area contributed by atoms with Crippen LogP contribution in [0.15, 0.2) is 94.5 Å². The summed E-state index contributed by atoms with van der Waals surface area (Å²) in [5, 5.41) is 10.7. The number of hydrogen-bond donors (Lipinski definition) is 0. The van der Waals surface area contributed by atoms with Crippen LogP contribution in [-0.2, 0) is 22.6 Å². The van der Waals surface area contributed by atoms with Crippen LogP contribution in [0.25, 0.3) is 23.1 Å². The normalized spacial score (nSPS) is 14.7. The SMILES string of the molecule is O=C([O-])Cc1ccc(CN2C(=O)/C(=C/c3ccc(-c4ccc(-n5cccc5)cc4)o3)SC2=S)cc1. The van der Waals surface area contributed by atoms with E-state index in [0.717, 1.165) is 16.8 Å². The number of aliphatic carboxylic acids is 1. The number of carbonyl (C=O) groups excluding carboxylic acids is 2. The predicted octanol–water partition coefficient (Wildman–Crippen LogP) is 4.43. The lowest BCUT2D eigenvalue weighted by atomic mass is 10.1. The monoisotopic (exact) mass is 499 g/mol. The number of carbonyl (C=O) groups is 2. The summed E-state index contributed by atoms with van der Waals surface area (Å²) in [7, 11) is 0. The lowest BCUT2D eigenvalue weighted by Crippen LogP contribution is -2.27.